The van der Waals surface area contributed by atoms with Gasteiger partial charge in [-0.2, -0.15) is 11.8 Å². The summed E-state index contributed by atoms with van der Waals surface area (Å²) in [5, 5.41) is 14.8. The molecule has 3 N–H and O–H groups in total. The first-order valence-corrected chi connectivity index (χ1v) is 7.74. The van der Waals surface area contributed by atoms with Gasteiger partial charge in [0.25, 0.3) is 0 Å². The number of anilines is 1. The van der Waals surface area contributed by atoms with Crippen LogP contribution in [0.15, 0.2) is 24.3 Å². The first kappa shape index (κ1) is 14.9. The molecular weight excluding hydrogens is 276 g/mol. The molecule has 2 rings (SSSR count). The predicted octanol–water partition coefficient (Wildman–Crippen LogP) is 1.35. The maximum absolute atomic E-state index is 12.2. The molecule has 1 aliphatic rings. The van der Waals surface area contributed by atoms with Gasteiger partial charge in [0.15, 0.2) is 0 Å². The number of hydrogen-bond donors (Lipinski definition) is 3. The van der Waals surface area contributed by atoms with Crippen molar-refractivity contribution in [1.29, 1.82) is 0 Å². The Morgan fingerprint density at radius 3 is 2.90 bits per heavy atom. The number of para-hydroxylation sites is 1. The van der Waals surface area contributed by atoms with Gasteiger partial charge in [-0.05, 0) is 18.1 Å². The molecular formula is C14H18N2O3S. The summed E-state index contributed by atoms with van der Waals surface area (Å²) >= 11 is 1.76. The average molecular weight is 294 g/mol. The normalized spacial score (nSPS) is 18.5. The van der Waals surface area contributed by atoms with E-state index in [9.17, 15) is 9.59 Å². The van der Waals surface area contributed by atoms with Crippen molar-refractivity contribution < 1.29 is 14.7 Å². The second-order valence-corrected chi connectivity index (χ2v) is 5.77. The molecule has 0 aliphatic carbocycles. The second-order valence-electron chi connectivity index (χ2n) is 4.62. The third-order valence-electron chi connectivity index (χ3n) is 3.12. The largest absolute Gasteiger partial charge is 0.481 e. The van der Waals surface area contributed by atoms with Crippen LogP contribution in [-0.2, 0) is 16.0 Å². The molecule has 0 aromatic heterocycles. The van der Waals surface area contributed by atoms with Gasteiger partial charge in [-0.25, -0.2) is 0 Å². The summed E-state index contributed by atoms with van der Waals surface area (Å²) < 4.78 is 0. The minimum Gasteiger partial charge on any atom is -0.481 e. The van der Waals surface area contributed by atoms with Gasteiger partial charge in [0.05, 0.1) is 6.04 Å². The number of carboxylic acids is 1. The first-order chi connectivity index (χ1) is 9.66. The van der Waals surface area contributed by atoms with Crippen LogP contribution in [-0.4, -0.2) is 41.1 Å². The van der Waals surface area contributed by atoms with Crippen LogP contribution in [0.2, 0.25) is 0 Å². The zero-order chi connectivity index (χ0) is 14.4. The van der Waals surface area contributed by atoms with Gasteiger partial charge >= 0.3 is 5.97 Å². The van der Waals surface area contributed by atoms with E-state index in [4.69, 9.17) is 5.11 Å². The molecule has 1 amide bonds. The Balaban J connectivity index is 2.00. The lowest BCUT2D eigenvalue weighted by molar-refractivity contribution is -0.136. The number of hydrogen-bond acceptors (Lipinski definition) is 4. The van der Waals surface area contributed by atoms with Crippen LogP contribution >= 0.6 is 11.8 Å². The van der Waals surface area contributed by atoms with Crippen molar-refractivity contribution in [2.24, 2.45) is 0 Å². The monoisotopic (exact) mass is 294 g/mol. The predicted molar refractivity (Wildman–Crippen MR) is 80.1 cm³/mol. The summed E-state index contributed by atoms with van der Waals surface area (Å²) in [6, 6.07) is 7.17. The zero-order valence-electron chi connectivity index (χ0n) is 11.1. The maximum atomic E-state index is 12.2. The molecule has 1 aromatic carbocycles. The molecule has 1 saturated heterocycles. The first-order valence-electron chi connectivity index (χ1n) is 6.58. The number of benzene rings is 1. The Labute approximate surface area is 122 Å². The summed E-state index contributed by atoms with van der Waals surface area (Å²) in [6.07, 6.45) is 0.475. The van der Waals surface area contributed by atoms with Crippen molar-refractivity contribution in [1.82, 2.24) is 5.32 Å². The van der Waals surface area contributed by atoms with Gasteiger partial charge in [0, 0.05) is 30.2 Å². The summed E-state index contributed by atoms with van der Waals surface area (Å²) in [5.41, 5.74) is 1.56. The van der Waals surface area contributed by atoms with E-state index in [0.717, 1.165) is 23.6 Å². The van der Waals surface area contributed by atoms with E-state index >= 15 is 0 Å². The highest BCUT2D eigenvalue weighted by molar-refractivity contribution is 7.99. The van der Waals surface area contributed by atoms with E-state index < -0.39 is 5.97 Å². The van der Waals surface area contributed by atoms with Crippen molar-refractivity contribution in [3.8, 4) is 0 Å². The molecule has 0 saturated carbocycles. The molecule has 1 atom stereocenters. The maximum Gasteiger partial charge on any atom is 0.303 e. The topological polar surface area (TPSA) is 78.4 Å². The van der Waals surface area contributed by atoms with Crippen LogP contribution in [0, 0.1) is 0 Å². The van der Waals surface area contributed by atoms with Crippen LogP contribution < -0.4 is 10.6 Å². The number of carbonyl (C=O) groups excluding carboxylic acids is 1. The lowest BCUT2D eigenvalue weighted by atomic mass is 10.1. The third-order valence-corrected chi connectivity index (χ3v) is 4.18. The number of amides is 1. The van der Waals surface area contributed by atoms with Crippen LogP contribution in [0.25, 0.3) is 0 Å². The highest BCUT2D eigenvalue weighted by Gasteiger charge is 2.21. The third kappa shape index (κ3) is 4.25. The fourth-order valence-electron chi connectivity index (χ4n) is 2.06. The Bertz CT molecular complexity index is 487. The molecule has 20 heavy (non-hydrogen) atoms. The summed E-state index contributed by atoms with van der Waals surface area (Å²) in [6.45, 7) is 0.837. The lowest BCUT2D eigenvalue weighted by Gasteiger charge is -2.22. The van der Waals surface area contributed by atoms with Crippen LogP contribution in [0.1, 0.15) is 12.0 Å². The standard InChI is InChI=1S/C14H18N2O3S/c17-13(18)6-5-10-3-1-2-4-11(10)16-14(19)12-9-20-8-7-15-12/h1-4,12,15H,5-9H2,(H,16,19)(H,17,18). The van der Waals surface area contributed by atoms with Crippen LogP contribution in [0.4, 0.5) is 5.69 Å². The molecule has 1 aliphatic heterocycles. The van der Waals surface area contributed by atoms with E-state index in [1.807, 2.05) is 24.3 Å². The highest BCUT2D eigenvalue weighted by Crippen LogP contribution is 2.18. The van der Waals surface area contributed by atoms with Crippen LogP contribution in [0.5, 0.6) is 0 Å². The molecule has 0 bridgehead atoms. The van der Waals surface area contributed by atoms with Gasteiger partial charge in [-0.3, -0.25) is 9.59 Å². The number of rotatable bonds is 5. The molecule has 108 valence electrons. The van der Waals surface area contributed by atoms with Crippen molar-refractivity contribution >= 4 is 29.3 Å². The highest BCUT2D eigenvalue weighted by atomic mass is 32.2. The summed E-state index contributed by atoms with van der Waals surface area (Å²) in [4.78, 5) is 22.8. The fraction of sp³-hybridized carbons (Fsp3) is 0.429. The lowest BCUT2D eigenvalue weighted by Crippen LogP contribution is -2.46. The van der Waals surface area contributed by atoms with Crippen molar-refractivity contribution in [2.45, 2.75) is 18.9 Å². The number of thioether (sulfide) groups is 1. The van der Waals surface area contributed by atoms with E-state index in [2.05, 4.69) is 10.6 Å². The molecule has 1 fully saturated rings. The molecule has 0 radical (unpaired) electrons. The molecule has 5 nitrogen and oxygen atoms in total. The Kier molecular flexibility index (Phi) is 5.43. The van der Waals surface area contributed by atoms with E-state index in [-0.39, 0.29) is 18.4 Å². The van der Waals surface area contributed by atoms with E-state index in [0.29, 0.717) is 12.1 Å². The minimum absolute atomic E-state index is 0.0556. The minimum atomic E-state index is -0.837. The fourth-order valence-corrected chi connectivity index (χ4v) is 2.99. The SMILES string of the molecule is O=C(O)CCc1ccccc1NC(=O)C1CSCCN1. The molecule has 1 aromatic rings. The van der Waals surface area contributed by atoms with Gasteiger partial charge in [-0.1, -0.05) is 18.2 Å². The molecule has 1 unspecified atom stereocenters. The van der Waals surface area contributed by atoms with E-state index in [1.165, 1.54) is 0 Å². The molecule has 1 heterocycles. The Morgan fingerprint density at radius 2 is 2.20 bits per heavy atom. The van der Waals surface area contributed by atoms with Crippen molar-refractivity contribution in [2.75, 3.05) is 23.4 Å². The number of aryl methyl sites for hydroxylation is 1. The quantitative estimate of drug-likeness (QED) is 0.764. The van der Waals surface area contributed by atoms with Gasteiger partial charge < -0.3 is 15.7 Å². The van der Waals surface area contributed by atoms with Crippen molar-refractivity contribution in [3.63, 3.8) is 0 Å². The molecule has 6 heteroatoms. The summed E-state index contributed by atoms with van der Waals surface area (Å²) in [5.74, 6) is 0.902. The number of aliphatic carboxylic acids is 1. The van der Waals surface area contributed by atoms with Gasteiger partial charge in [0.2, 0.25) is 5.91 Å². The summed E-state index contributed by atoms with van der Waals surface area (Å²) in [7, 11) is 0. The number of carboxylic acid groups (broad SMARTS) is 1. The smallest absolute Gasteiger partial charge is 0.303 e. The van der Waals surface area contributed by atoms with Crippen molar-refractivity contribution in [3.05, 3.63) is 29.8 Å². The number of carbonyl (C=O) groups is 2. The zero-order valence-corrected chi connectivity index (χ0v) is 11.9. The molecule has 0 spiro atoms. The van der Waals surface area contributed by atoms with Gasteiger partial charge in [0.1, 0.15) is 0 Å². The Morgan fingerprint density at radius 1 is 1.40 bits per heavy atom. The average Bonchev–Trinajstić information content (AvgIpc) is 2.47. The van der Waals surface area contributed by atoms with Gasteiger partial charge in [-0.15, -0.1) is 0 Å². The second kappa shape index (κ2) is 7.31. The Hall–Kier alpha value is -1.53. The number of nitrogens with one attached hydrogen (secondary N) is 2. The van der Waals surface area contributed by atoms with E-state index in [1.54, 1.807) is 11.8 Å². The van der Waals surface area contributed by atoms with Crippen LogP contribution in [0.3, 0.4) is 0 Å².